The zero-order chi connectivity index (χ0) is 18.5. The molecule has 1 N–H and O–H groups in total. The van der Waals surface area contributed by atoms with E-state index >= 15 is 0 Å². The molecule has 1 aromatic heterocycles. The van der Waals surface area contributed by atoms with Crippen molar-refractivity contribution in [3.05, 3.63) is 48.3 Å². The minimum absolute atomic E-state index is 0.0206. The minimum atomic E-state index is -0.187. The van der Waals surface area contributed by atoms with Crippen LogP contribution in [0.15, 0.2) is 36.9 Å². The monoisotopic (exact) mass is 354 g/mol. The molecule has 0 unspecified atom stereocenters. The first-order chi connectivity index (χ1) is 12.6. The number of rotatable bonds is 5. The third kappa shape index (κ3) is 3.96. The molecule has 0 saturated carbocycles. The van der Waals surface area contributed by atoms with E-state index in [1.807, 2.05) is 4.90 Å². The van der Waals surface area contributed by atoms with Crippen molar-refractivity contribution < 1.29 is 9.59 Å². The van der Waals surface area contributed by atoms with Gasteiger partial charge in [-0.15, -0.1) is 10.2 Å². The number of hydrogen-bond donors (Lipinski definition) is 1. The molecule has 0 atom stereocenters. The number of likely N-dealkylation sites (tertiary alicyclic amines) is 1. The quantitative estimate of drug-likeness (QED) is 0.820. The first-order valence-electron chi connectivity index (χ1n) is 8.60. The first kappa shape index (κ1) is 17.8. The van der Waals surface area contributed by atoms with Crippen molar-refractivity contribution >= 4 is 17.5 Å². The molecule has 2 aromatic rings. The van der Waals surface area contributed by atoms with Gasteiger partial charge in [-0.25, -0.2) is 0 Å². The summed E-state index contributed by atoms with van der Waals surface area (Å²) in [5.41, 5.74) is 1.36. The summed E-state index contributed by atoms with van der Waals surface area (Å²) in [5.74, 6) is 1.03. The molecule has 1 aliphatic rings. The number of anilines is 1. The van der Waals surface area contributed by atoms with Gasteiger partial charge in [0.2, 0.25) is 5.91 Å². The lowest BCUT2D eigenvalue weighted by atomic mass is 9.93. The molecule has 26 heavy (non-hydrogen) atoms. The number of carbonyl (C=O) groups is 2. The van der Waals surface area contributed by atoms with E-state index < -0.39 is 0 Å². The average Bonchev–Trinajstić information content (AvgIpc) is 3.20. The van der Waals surface area contributed by atoms with Gasteiger partial charge in [-0.05, 0) is 49.1 Å². The number of likely N-dealkylation sites (N-methyl/N-ethyl adjacent to an activating group) is 1. The third-order valence-electron chi connectivity index (χ3n) is 4.77. The zero-order valence-electron chi connectivity index (χ0n) is 14.8. The number of aromatic amines is 1. The lowest BCUT2D eigenvalue weighted by molar-refractivity contribution is -0.113. The molecule has 1 saturated heterocycles. The molecule has 8 nitrogen and oxygen atoms in total. The molecule has 0 aliphatic carbocycles. The Morgan fingerprint density at radius 2 is 2.00 bits per heavy atom. The Labute approximate surface area is 151 Å². The number of carbonyl (C=O) groups excluding carboxylic acids is 2. The second kappa shape index (κ2) is 7.90. The van der Waals surface area contributed by atoms with Gasteiger partial charge in [0.25, 0.3) is 5.91 Å². The van der Waals surface area contributed by atoms with Crippen LogP contribution in [0.3, 0.4) is 0 Å². The highest BCUT2D eigenvalue weighted by Crippen LogP contribution is 2.22. The summed E-state index contributed by atoms with van der Waals surface area (Å²) >= 11 is 0. The van der Waals surface area contributed by atoms with Gasteiger partial charge in [0.1, 0.15) is 0 Å². The zero-order valence-corrected chi connectivity index (χ0v) is 14.8. The molecule has 2 amide bonds. The summed E-state index contributed by atoms with van der Waals surface area (Å²) in [4.78, 5) is 27.7. The molecule has 3 rings (SSSR count). The number of H-pyrrole nitrogens is 1. The van der Waals surface area contributed by atoms with E-state index in [1.54, 1.807) is 31.3 Å². The molecule has 1 aliphatic heterocycles. The number of benzene rings is 1. The van der Waals surface area contributed by atoms with Gasteiger partial charge < -0.3 is 9.80 Å². The highest BCUT2D eigenvalue weighted by Gasteiger charge is 2.24. The summed E-state index contributed by atoms with van der Waals surface area (Å²) in [7, 11) is 1.68. The maximum Gasteiger partial charge on any atom is 0.253 e. The van der Waals surface area contributed by atoms with Crippen LogP contribution >= 0.6 is 0 Å². The Kier molecular flexibility index (Phi) is 5.40. The normalized spacial score (nSPS) is 14.9. The molecule has 0 radical (unpaired) electrons. The van der Waals surface area contributed by atoms with E-state index in [1.165, 1.54) is 11.0 Å². The van der Waals surface area contributed by atoms with Crippen LogP contribution in [0.5, 0.6) is 0 Å². The van der Waals surface area contributed by atoms with E-state index in [9.17, 15) is 9.59 Å². The van der Waals surface area contributed by atoms with Crippen molar-refractivity contribution in [2.45, 2.75) is 19.3 Å². The molecule has 0 spiro atoms. The van der Waals surface area contributed by atoms with Gasteiger partial charge in [-0.2, -0.15) is 5.21 Å². The molecule has 2 heterocycles. The molecule has 136 valence electrons. The van der Waals surface area contributed by atoms with E-state index in [-0.39, 0.29) is 11.8 Å². The van der Waals surface area contributed by atoms with Crippen molar-refractivity contribution in [3.8, 4) is 0 Å². The maximum atomic E-state index is 12.7. The van der Waals surface area contributed by atoms with Crippen LogP contribution in [-0.2, 0) is 11.2 Å². The van der Waals surface area contributed by atoms with Gasteiger partial charge in [0.15, 0.2) is 5.82 Å². The van der Waals surface area contributed by atoms with Crippen molar-refractivity contribution in [2.75, 3.05) is 25.0 Å². The van der Waals surface area contributed by atoms with Crippen LogP contribution in [0, 0.1) is 5.92 Å². The molecular weight excluding hydrogens is 332 g/mol. The first-order valence-corrected chi connectivity index (χ1v) is 8.60. The van der Waals surface area contributed by atoms with Crippen molar-refractivity contribution in [2.24, 2.45) is 5.92 Å². The molecule has 8 heteroatoms. The predicted molar refractivity (Wildman–Crippen MR) is 96.6 cm³/mol. The second-order valence-corrected chi connectivity index (χ2v) is 6.42. The predicted octanol–water partition coefficient (Wildman–Crippen LogP) is 1.44. The summed E-state index contributed by atoms with van der Waals surface area (Å²) < 4.78 is 0. The molecular formula is C18H22N6O2. The summed E-state index contributed by atoms with van der Waals surface area (Å²) in [6, 6.07) is 7.07. The lowest BCUT2D eigenvalue weighted by Gasteiger charge is -2.31. The van der Waals surface area contributed by atoms with Crippen molar-refractivity contribution in [1.82, 2.24) is 25.5 Å². The topological polar surface area (TPSA) is 95.1 Å². The Bertz CT molecular complexity index is 763. The SMILES string of the molecule is C=CC(=O)N(C)c1ccc(C(=O)N2CCC(Cc3nn[nH]n3)CC2)cc1. The fourth-order valence-corrected chi connectivity index (χ4v) is 3.14. The Morgan fingerprint density at radius 1 is 1.31 bits per heavy atom. The standard InChI is InChI=1S/C18H22N6O2/c1-3-17(25)23(2)15-6-4-14(5-7-15)18(26)24-10-8-13(9-11-24)12-16-19-21-22-20-16/h3-7,13H,1,8-12H2,2H3,(H,19,20,21,22). The Hall–Kier alpha value is -3.03. The van der Waals surface area contributed by atoms with Crippen LogP contribution in [0.1, 0.15) is 29.0 Å². The van der Waals surface area contributed by atoms with Gasteiger partial charge >= 0.3 is 0 Å². The summed E-state index contributed by atoms with van der Waals surface area (Å²) in [6.07, 6.45) is 3.90. The third-order valence-corrected chi connectivity index (χ3v) is 4.77. The molecule has 0 bridgehead atoms. The van der Waals surface area contributed by atoms with Gasteiger partial charge in [-0.1, -0.05) is 11.8 Å². The number of amides is 2. The van der Waals surface area contributed by atoms with Crippen molar-refractivity contribution in [3.63, 3.8) is 0 Å². The Balaban J connectivity index is 1.56. The smallest absolute Gasteiger partial charge is 0.253 e. The number of nitrogens with zero attached hydrogens (tertiary/aromatic N) is 5. The van der Waals surface area contributed by atoms with E-state index in [4.69, 9.17) is 0 Å². The fourth-order valence-electron chi connectivity index (χ4n) is 3.14. The number of hydrogen-bond acceptors (Lipinski definition) is 5. The highest BCUT2D eigenvalue weighted by molar-refractivity contribution is 6.01. The summed E-state index contributed by atoms with van der Waals surface area (Å²) in [5, 5.41) is 14.0. The van der Waals surface area contributed by atoms with E-state index in [0.29, 0.717) is 11.5 Å². The van der Waals surface area contributed by atoms with Gasteiger partial charge in [0, 0.05) is 37.8 Å². The molecule has 1 fully saturated rings. The highest BCUT2D eigenvalue weighted by atomic mass is 16.2. The maximum absolute atomic E-state index is 12.7. The van der Waals surface area contributed by atoms with Crippen LogP contribution in [0.2, 0.25) is 0 Å². The summed E-state index contributed by atoms with van der Waals surface area (Å²) in [6.45, 7) is 4.92. The number of piperidine rings is 1. The number of aromatic nitrogens is 4. The van der Waals surface area contributed by atoms with Crippen LogP contribution in [0.4, 0.5) is 5.69 Å². The lowest BCUT2D eigenvalue weighted by Crippen LogP contribution is -2.39. The van der Waals surface area contributed by atoms with E-state index in [0.717, 1.165) is 43.9 Å². The fraction of sp³-hybridized carbons (Fsp3) is 0.389. The largest absolute Gasteiger partial charge is 0.339 e. The van der Waals surface area contributed by atoms with Gasteiger partial charge in [-0.3, -0.25) is 9.59 Å². The average molecular weight is 354 g/mol. The van der Waals surface area contributed by atoms with Gasteiger partial charge in [0.05, 0.1) is 0 Å². The van der Waals surface area contributed by atoms with Crippen LogP contribution in [0.25, 0.3) is 0 Å². The molecule has 1 aromatic carbocycles. The van der Waals surface area contributed by atoms with Crippen LogP contribution in [-0.4, -0.2) is 57.5 Å². The van der Waals surface area contributed by atoms with Crippen molar-refractivity contribution in [1.29, 1.82) is 0 Å². The van der Waals surface area contributed by atoms with Crippen LogP contribution < -0.4 is 4.90 Å². The Morgan fingerprint density at radius 3 is 2.58 bits per heavy atom. The second-order valence-electron chi connectivity index (χ2n) is 6.42. The number of nitrogens with one attached hydrogen (secondary N) is 1. The minimum Gasteiger partial charge on any atom is -0.339 e. The van der Waals surface area contributed by atoms with E-state index in [2.05, 4.69) is 27.2 Å². The number of tetrazole rings is 1.